The van der Waals surface area contributed by atoms with E-state index in [2.05, 4.69) is 81.4 Å². The van der Waals surface area contributed by atoms with Crippen molar-refractivity contribution in [3.8, 4) is 22.3 Å². The van der Waals surface area contributed by atoms with Crippen LogP contribution in [-0.2, 0) is 11.8 Å². The average molecular weight is 622 g/mol. The minimum absolute atomic E-state index is 0.122. The van der Waals surface area contributed by atoms with E-state index in [0.29, 0.717) is 0 Å². The number of hydrogen-bond acceptors (Lipinski definition) is 2. The highest BCUT2D eigenvalue weighted by Gasteiger charge is 2.42. The number of hydrogen-bond donors (Lipinski definition) is 0. The molecule has 242 valence electrons. The molecule has 0 unspecified atom stereocenters. The third-order valence-corrected chi connectivity index (χ3v) is 11.5. The van der Waals surface area contributed by atoms with Gasteiger partial charge in [0.25, 0.3) is 0 Å². The van der Waals surface area contributed by atoms with Gasteiger partial charge in [-0.3, -0.25) is 0 Å². The Balaban J connectivity index is 1.46. The molecule has 1 heterocycles. The summed E-state index contributed by atoms with van der Waals surface area (Å²) in [6, 6.07) is 23.7. The van der Waals surface area contributed by atoms with Gasteiger partial charge in [-0.05, 0) is 65.6 Å². The Kier molecular flexibility index (Phi) is 13.2. The molecule has 2 heteroatoms. The molecule has 3 aromatic carbocycles. The first-order valence-electron chi connectivity index (χ1n) is 18.8. The van der Waals surface area contributed by atoms with Crippen LogP contribution in [0.3, 0.4) is 0 Å². The topological polar surface area (TPSA) is 12.9 Å². The molecule has 45 heavy (non-hydrogen) atoms. The van der Waals surface area contributed by atoms with Crippen LogP contribution in [0.1, 0.15) is 159 Å². The standard InChI is InChI=1S/C43H59NS/c1-4-7-10-13-16-21-31-43(32-22-17-14-11-8-5-2)38-26-20-19-24-36(38)37-30-29-34(33-39(37)43)35-25-23-27-40-42(35)44-41(45-40)28-18-15-12-9-6-3/h19-20,23-27,29-30,33H,4-18,21-22,28,31-32H2,1-3H3. The first-order chi connectivity index (χ1) is 22.2. The molecule has 0 amide bonds. The van der Waals surface area contributed by atoms with Crippen LogP contribution in [-0.4, -0.2) is 4.98 Å². The van der Waals surface area contributed by atoms with Gasteiger partial charge in [-0.15, -0.1) is 11.3 Å². The highest BCUT2D eigenvalue weighted by Crippen LogP contribution is 2.55. The van der Waals surface area contributed by atoms with Crippen LogP contribution in [0.2, 0.25) is 0 Å². The van der Waals surface area contributed by atoms with Crippen LogP contribution in [0.4, 0.5) is 0 Å². The zero-order valence-electron chi connectivity index (χ0n) is 28.8. The summed E-state index contributed by atoms with van der Waals surface area (Å²) in [6.07, 6.45) is 26.5. The van der Waals surface area contributed by atoms with Gasteiger partial charge in [0, 0.05) is 11.0 Å². The fourth-order valence-corrected chi connectivity index (χ4v) is 8.95. The summed E-state index contributed by atoms with van der Waals surface area (Å²) in [5, 5.41) is 1.31. The maximum absolute atomic E-state index is 5.26. The summed E-state index contributed by atoms with van der Waals surface area (Å²) in [7, 11) is 0. The molecular formula is C43H59NS. The van der Waals surface area contributed by atoms with Crippen LogP contribution >= 0.6 is 11.3 Å². The normalized spacial score (nSPS) is 13.4. The molecule has 0 N–H and O–H groups in total. The van der Waals surface area contributed by atoms with Crippen molar-refractivity contribution < 1.29 is 0 Å². The zero-order valence-corrected chi connectivity index (χ0v) is 29.6. The van der Waals surface area contributed by atoms with E-state index in [9.17, 15) is 0 Å². The molecule has 0 radical (unpaired) electrons. The number of thiazole rings is 1. The molecule has 1 aromatic heterocycles. The van der Waals surface area contributed by atoms with Crippen LogP contribution < -0.4 is 0 Å². The Morgan fingerprint density at radius 1 is 0.533 bits per heavy atom. The number of aryl methyl sites for hydroxylation is 1. The van der Waals surface area contributed by atoms with Gasteiger partial charge in [0.1, 0.15) is 0 Å². The number of benzene rings is 3. The van der Waals surface area contributed by atoms with Gasteiger partial charge in [0.05, 0.1) is 15.2 Å². The Labute approximate surface area is 279 Å². The highest BCUT2D eigenvalue weighted by atomic mass is 32.1. The molecule has 0 saturated carbocycles. The predicted octanol–water partition coefficient (Wildman–Crippen LogP) is 14.2. The second-order valence-electron chi connectivity index (χ2n) is 13.8. The lowest BCUT2D eigenvalue weighted by molar-refractivity contribution is 0.398. The maximum Gasteiger partial charge on any atom is 0.0938 e. The van der Waals surface area contributed by atoms with Crippen molar-refractivity contribution in [2.45, 2.75) is 155 Å². The lowest BCUT2D eigenvalue weighted by atomic mass is 9.70. The lowest BCUT2D eigenvalue weighted by Crippen LogP contribution is -2.25. The Hall–Kier alpha value is -2.45. The van der Waals surface area contributed by atoms with E-state index in [1.165, 1.54) is 159 Å². The molecule has 0 fully saturated rings. The molecule has 5 rings (SSSR count). The van der Waals surface area contributed by atoms with Gasteiger partial charge in [0.15, 0.2) is 0 Å². The van der Waals surface area contributed by atoms with E-state index in [0.717, 1.165) is 6.42 Å². The maximum atomic E-state index is 5.26. The average Bonchev–Trinajstić information content (AvgIpc) is 3.61. The fraction of sp³-hybridized carbons (Fsp3) is 0.558. The first-order valence-corrected chi connectivity index (χ1v) is 19.7. The summed E-state index contributed by atoms with van der Waals surface area (Å²) < 4.78 is 1.34. The van der Waals surface area contributed by atoms with E-state index < -0.39 is 0 Å². The number of unbranched alkanes of at least 4 members (excludes halogenated alkanes) is 14. The van der Waals surface area contributed by atoms with Gasteiger partial charge in [-0.1, -0.05) is 172 Å². The van der Waals surface area contributed by atoms with E-state index in [1.807, 2.05) is 11.3 Å². The number of nitrogens with zero attached hydrogens (tertiary/aromatic N) is 1. The number of para-hydroxylation sites is 1. The summed E-state index contributed by atoms with van der Waals surface area (Å²) >= 11 is 1.91. The molecule has 1 aliphatic rings. The fourth-order valence-electron chi connectivity index (χ4n) is 7.91. The summed E-state index contributed by atoms with van der Waals surface area (Å²) in [5.74, 6) is 0. The lowest BCUT2D eigenvalue weighted by Gasteiger charge is -2.33. The quantitative estimate of drug-likeness (QED) is 0.0843. The van der Waals surface area contributed by atoms with Crippen LogP contribution in [0.25, 0.3) is 32.5 Å². The number of aromatic nitrogens is 1. The molecule has 1 aliphatic carbocycles. The summed E-state index contributed by atoms with van der Waals surface area (Å²) in [4.78, 5) is 5.26. The van der Waals surface area contributed by atoms with Gasteiger partial charge < -0.3 is 0 Å². The van der Waals surface area contributed by atoms with Crippen LogP contribution in [0, 0.1) is 0 Å². The van der Waals surface area contributed by atoms with E-state index in [1.54, 1.807) is 11.1 Å². The molecule has 0 spiro atoms. The molecule has 4 aromatic rings. The second kappa shape index (κ2) is 17.5. The minimum atomic E-state index is 0.122. The monoisotopic (exact) mass is 621 g/mol. The highest BCUT2D eigenvalue weighted by molar-refractivity contribution is 7.18. The molecule has 0 saturated heterocycles. The zero-order chi connectivity index (χ0) is 31.3. The van der Waals surface area contributed by atoms with Crippen molar-refractivity contribution in [3.05, 3.63) is 76.8 Å². The summed E-state index contributed by atoms with van der Waals surface area (Å²) in [6.45, 7) is 6.93. The second-order valence-corrected chi connectivity index (χ2v) is 15.0. The number of fused-ring (bicyclic) bond motifs is 4. The third-order valence-electron chi connectivity index (χ3n) is 10.5. The Morgan fingerprint density at radius 2 is 1.11 bits per heavy atom. The first kappa shape index (κ1) is 33.9. The predicted molar refractivity (Wildman–Crippen MR) is 200 cm³/mol. The van der Waals surface area contributed by atoms with Crippen LogP contribution in [0.5, 0.6) is 0 Å². The summed E-state index contributed by atoms with van der Waals surface area (Å²) in [5.41, 5.74) is 10.1. The van der Waals surface area contributed by atoms with Crippen molar-refractivity contribution in [1.82, 2.24) is 4.98 Å². The SMILES string of the molecule is CCCCCCCCC1(CCCCCCCC)c2ccccc2-c2ccc(-c3cccc4sc(CCCCCCC)nc34)cc21. The van der Waals surface area contributed by atoms with Crippen molar-refractivity contribution >= 4 is 21.6 Å². The van der Waals surface area contributed by atoms with Crippen molar-refractivity contribution in [2.24, 2.45) is 0 Å². The largest absolute Gasteiger partial charge is 0.241 e. The van der Waals surface area contributed by atoms with E-state index in [4.69, 9.17) is 4.98 Å². The molecule has 1 nitrogen and oxygen atoms in total. The van der Waals surface area contributed by atoms with Gasteiger partial charge >= 0.3 is 0 Å². The van der Waals surface area contributed by atoms with Crippen molar-refractivity contribution in [2.75, 3.05) is 0 Å². The van der Waals surface area contributed by atoms with Gasteiger partial charge in [-0.25, -0.2) is 4.98 Å². The molecular weight excluding hydrogens is 563 g/mol. The van der Waals surface area contributed by atoms with Gasteiger partial charge in [-0.2, -0.15) is 0 Å². The van der Waals surface area contributed by atoms with Crippen molar-refractivity contribution in [3.63, 3.8) is 0 Å². The Bertz CT molecular complexity index is 1450. The molecule has 0 aliphatic heterocycles. The van der Waals surface area contributed by atoms with Crippen LogP contribution in [0.15, 0.2) is 60.7 Å². The molecule has 0 bridgehead atoms. The molecule has 0 atom stereocenters. The Morgan fingerprint density at radius 3 is 1.80 bits per heavy atom. The minimum Gasteiger partial charge on any atom is -0.241 e. The van der Waals surface area contributed by atoms with Crippen molar-refractivity contribution in [1.29, 1.82) is 0 Å². The van der Waals surface area contributed by atoms with Gasteiger partial charge in [0.2, 0.25) is 0 Å². The smallest absolute Gasteiger partial charge is 0.0938 e. The number of rotatable bonds is 21. The van der Waals surface area contributed by atoms with E-state index in [-0.39, 0.29) is 5.41 Å². The van der Waals surface area contributed by atoms with E-state index >= 15 is 0 Å². The third kappa shape index (κ3) is 8.29.